The van der Waals surface area contributed by atoms with Crippen LogP contribution in [0.1, 0.15) is 11.3 Å². The predicted octanol–water partition coefficient (Wildman–Crippen LogP) is 6.12. The maximum atomic E-state index is 13.8. The van der Waals surface area contributed by atoms with Gasteiger partial charge < -0.3 is 0 Å². The monoisotopic (exact) mass is 422 g/mol. The first-order valence-electron chi connectivity index (χ1n) is 8.10. The van der Waals surface area contributed by atoms with Crippen molar-refractivity contribution in [3.63, 3.8) is 0 Å². The molecule has 0 saturated heterocycles. The van der Waals surface area contributed by atoms with Crippen molar-refractivity contribution < 1.29 is 13.2 Å². The number of fused-ring (bicyclic) bond motifs is 1. The fraction of sp³-hybridized carbons (Fsp3) is 0.105. The highest BCUT2D eigenvalue weighted by Crippen LogP contribution is 2.38. The van der Waals surface area contributed by atoms with Gasteiger partial charge in [0.2, 0.25) is 0 Å². The quantitative estimate of drug-likeness (QED) is 0.390. The smallest absolute Gasteiger partial charge is 0.255 e. The van der Waals surface area contributed by atoms with E-state index < -0.39 is 11.7 Å². The van der Waals surface area contributed by atoms with E-state index >= 15 is 0 Å². The fourth-order valence-electron chi connectivity index (χ4n) is 2.95. The molecule has 9 heteroatoms. The molecule has 0 spiro atoms. The molecule has 0 bridgehead atoms. The SMILES string of the molecule is Cc1nn(-c2ccc(Cl)c(Cl)c2)c2nc(-c3ccccn3)cc(C(F)(F)F)c12. The van der Waals surface area contributed by atoms with E-state index in [2.05, 4.69) is 15.1 Å². The molecule has 0 aliphatic heterocycles. The standard InChI is InChI=1S/C19H11Cl2F3N4/c1-10-17-12(19(22,23)24)9-16(15-4-2-3-7-25-15)26-18(17)28(27-10)11-5-6-13(20)14(21)8-11/h2-9H,1H3. The molecule has 0 saturated carbocycles. The molecule has 4 aromatic rings. The van der Waals surface area contributed by atoms with E-state index in [-0.39, 0.29) is 27.4 Å². The second kappa shape index (κ2) is 6.76. The van der Waals surface area contributed by atoms with Crippen LogP contribution in [0.15, 0.2) is 48.7 Å². The largest absolute Gasteiger partial charge is 0.417 e. The van der Waals surface area contributed by atoms with Crippen molar-refractivity contribution in [3.8, 4) is 17.1 Å². The van der Waals surface area contributed by atoms with Crippen LogP contribution in [-0.2, 0) is 6.18 Å². The van der Waals surface area contributed by atoms with Crippen LogP contribution in [0.5, 0.6) is 0 Å². The van der Waals surface area contributed by atoms with Gasteiger partial charge in [0.15, 0.2) is 5.65 Å². The molecule has 0 aliphatic rings. The van der Waals surface area contributed by atoms with E-state index in [4.69, 9.17) is 23.2 Å². The molecular weight excluding hydrogens is 412 g/mol. The summed E-state index contributed by atoms with van der Waals surface area (Å²) in [4.78, 5) is 8.55. The van der Waals surface area contributed by atoms with Crippen LogP contribution in [-0.4, -0.2) is 19.7 Å². The lowest BCUT2D eigenvalue weighted by Crippen LogP contribution is -2.08. The molecule has 0 radical (unpaired) electrons. The number of halogens is 5. The Morgan fingerprint density at radius 3 is 2.39 bits per heavy atom. The summed E-state index contributed by atoms with van der Waals surface area (Å²) in [5, 5.41) is 4.79. The predicted molar refractivity (Wildman–Crippen MR) is 102 cm³/mol. The Hall–Kier alpha value is -2.64. The minimum Gasteiger partial charge on any atom is -0.255 e. The number of nitrogens with zero attached hydrogens (tertiary/aromatic N) is 4. The molecular formula is C19H11Cl2F3N4. The van der Waals surface area contributed by atoms with E-state index in [1.807, 2.05) is 0 Å². The zero-order valence-corrected chi connectivity index (χ0v) is 15.8. The normalized spacial score (nSPS) is 11.9. The van der Waals surface area contributed by atoms with Gasteiger partial charge >= 0.3 is 6.18 Å². The molecule has 0 N–H and O–H groups in total. The fourth-order valence-corrected chi connectivity index (χ4v) is 3.25. The first-order chi connectivity index (χ1) is 13.3. The van der Waals surface area contributed by atoms with Crippen LogP contribution >= 0.6 is 23.2 Å². The van der Waals surface area contributed by atoms with Crippen LogP contribution in [0.4, 0.5) is 13.2 Å². The number of pyridine rings is 2. The molecule has 3 aromatic heterocycles. The highest BCUT2D eigenvalue weighted by atomic mass is 35.5. The lowest BCUT2D eigenvalue weighted by molar-refractivity contribution is -0.136. The Morgan fingerprint density at radius 2 is 1.75 bits per heavy atom. The highest BCUT2D eigenvalue weighted by molar-refractivity contribution is 6.42. The summed E-state index contributed by atoms with van der Waals surface area (Å²) in [7, 11) is 0. The molecule has 3 heterocycles. The lowest BCUT2D eigenvalue weighted by atomic mass is 10.1. The first kappa shape index (κ1) is 18.7. The lowest BCUT2D eigenvalue weighted by Gasteiger charge is -2.11. The summed E-state index contributed by atoms with van der Waals surface area (Å²) in [6.45, 7) is 1.51. The van der Waals surface area contributed by atoms with Gasteiger partial charge in [-0.2, -0.15) is 18.3 Å². The average molecular weight is 423 g/mol. The van der Waals surface area contributed by atoms with Crippen molar-refractivity contribution in [2.24, 2.45) is 0 Å². The Morgan fingerprint density at radius 1 is 0.964 bits per heavy atom. The maximum Gasteiger partial charge on any atom is 0.417 e. The van der Waals surface area contributed by atoms with Gasteiger partial charge in [-0.05, 0) is 43.3 Å². The van der Waals surface area contributed by atoms with Crippen molar-refractivity contribution in [3.05, 3.63) is 70.0 Å². The summed E-state index contributed by atoms with van der Waals surface area (Å²) in [5.41, 5.74) is 0.323. The van der Waals surface area contributed by atoms with Crippen LogP contribution in [0.2, 0.25) is 10.0 Å². The maximum absolute atomic E-state index is 13.8. The van der Waals surface area contributed by atoms with Gasteiger partial charge in [0.1, 0.15) is 0 Å². The second-order valence-electron chi connectivity index (χ2n) is 6.06. The molecule has 4 nitrogen and oxygen atoms in total. The number of aryl methyl sites for hydroxylation is 1. The molecule has 28 heavy (non-hydrogen) atoms. The topological polar surface area (TPSA) is 43.6 Å². The minimum absolute atomic E-state index is 0.0615. The third-order valence-electron chi connectivity index (χ3n) is 4.19. The van der Waals surface area contributed by atoms with Crippen molar-refractivity contribution in [2.75, 3.05) is 0 Å². The van der Waals surface area contributed by atoms with E-state index in [1.165, 1.54) is 23.9 Å². The van der Waals surface area contributed by atoms with Gasteiger partial charge in [0.25, 0.3) is 0 Å². The number of rotatable bonds is 2. The van der Waals surface area contributed by atoms with Crippen molar-refractivity contribution in [1.82, 2.24) is 19.7 Å². The first-order valence-corrected chi connectivity index (χ1v) is 8.85. The van der Waals surface area contributed by atoms with Gasteiger partial charge in [0.05, 0.1) is 43.8 Å². The summed E-state index contributed by atoms with van der Waals surface area (Å²) < 4.78 is 42.7. The summed E-state index contributed by atoms with van der Waals surface area (Å²) in [6.07, 6.45) is -3.09. The average Bonchev–Trinajstić information content (AvgIpc) is 3.00. The molecule has 142 valence electrons. The zero-order chi connectivity index (χ0) is 20.1. The number of aromatic nitrogens is 4. The molecule has 0 aliphatic carbocycles. The molecule has 0 unspecified atom stereocenters. The summed E-state index contributed by atoms with van der Waals surface area (Å²) >= 11 is 12.0. The Bertz CT molecular complexity index is 1190. The summed E-state index contributed by atoms with van der Waals surface area (Å²) in [6, 6.07) is 10.6. The van der Waals surface area contributed by atoms with Gasteiger partial charge in [-0.3, -0.25) is 4.98 Å². The van der Waals surface area contributed by atoms with E-state index in [0.29, 0.717) is 16.4 Å². The number of hydrogen-bond acceptors (Lipinski definition) is 3. The number of benzene rings is 1. The van der Waals surface area contributed by atoms with E-state index in [1.54, 1.807) is 30.3 Å². The molecule has 1 aromatic carbocycles. The van der Waals surface area contributed by atoms with E-state index in [0.717, 1.165) is 6.07 Å². The summed E-state index contributed by atoms with van der Waals surface area (Å²) in [5.74, 6) is 0. The molecule has 4 rings (SSSR count). The Balaban J connectivity index is 2.07. The van der Waals surface area contributed by atoms with Crippen LogP contribution < -0.4 is 0 Å². The zero-order valence-electron chi connectivity index (χ0n) is 14.3. The Kier molecular flexibility index (Phi) is 4.51. The minimum atomic E-state index is -4.58. The second-order valence-corrected chi connectivity index (χ2v) is 6.88. The highest BCUT2D eigenvalue weighted by Gasteiger charge is 2.36. The molecule has 0 fully saturated rings. The van der Waals surface area contributed by atoms with Crippen LogP contribution in [0, 0.1) is 6.92 Å². The van der Waals surface area contributed by atoms with E-state index in [9.17, 15) is 13.2 Å². The number of hydrogen-bond donors (Lipinski definition) is 0. The third kappa shape index (κ3) is 3.21. The van der Waals surface area contributed by atoms with Gasteiger partial charge in [-0.15, -0.1) is 0 Å². The van der Waals surface area contributed by atoms with Gasteiger partial charge in [0, 0.05) is 6.20 Å². The van der Waals surface area contributed by atoms with Gasteiger partial charge in [-0.25, -0.2) is 9.67 Å². The van der Waals surface area contributed by atoms with Crippen molar-refractivity contribution >= 4 is 34.2 Å². The number of alkyl halides is 3. The van der Waals surface area contributed by atoms with Crippen molar-refractivity contribution in [2.45, 2.75) is 13.1 Å². The Labute approximate surface area is 167 Å². The molecule has 0 atom stereocenters. The van der Waals surface area contributed by atoms with Gasteiger partial charge in [-0.1, -0.05) is 29.3 Å². The third-order valence-corrected chi connectivity index (χ3v) is 4.93. The van der Waals surface area contributed by atoms with Crippen molar-refractivity contribution in [1.29, 1.82) is 0 Å². The van der Waals surface area contributed by atoms with Crippen LogP contribution in [0.3, 0.4) is 0 Å². The van der Waals surface area contributed by atoms with Crippen LogP contribution in [0.25, 0.3) is 28.1 Å². The molecule has 0 amide bonds.